The minimum atomic E-state index is -1.09. The number of carboxylic acid groups (broad SMARTS) is 1. The molecule has 0 bridgehead atoms. The van der Waals surface area contributed by atoms with Gasteiger partial charge in [0.1, 0.15) is 6.04 Å². The maximum Gasteiger partial charge on any atom is 0.326 e. The molecule has 0 aliphatic rings. The summed E-state index contributed by atoms with van der Waals surface area (Å²) in [5.41, 5.74) is 0. The Morgan fingerprint density at radius 2 is 2.05 bits per heavy atom. The highest BCUT2D eigenvalue weighted by atomic mass is 32.1. The van der Waals surface area contributed by atoms with Crippen LogP contribution in [0.3, 0.4) is 0 Å². The Hall–Kier alpha value is -1.89. The third kappa shape index (κ3) is 4.70. The average molecular weight is 284 g/mol. The Bertz CT molecular complexity index is 484. The van der Waals surface area contributed by atoms with Crippen molar-refractivity contribution in [3.05, 3.63) is 21.9 Å². The summed E-state index contributed by atoms with van der Waals surface area (Å²) in [5.74, 6) is -1.94. The summed E-state index contributed by atoms with van der Waals surface area (Å²) in [6.07, 6.45) is 0.291. The average Bonchev–Trinajstić information content (AvgIpc) is 2.79. The summed E-state index contributed by atoms with van der Waals surface area (Å²) in [6, 6.07) is 2.57. The number of carbonyl (C=O) groups is 3. The molecule has 0 aromatic carbocycles. The van der Waals surface area contributed by atoms with Gasteiger partial charge in [-0.1, -0.05) is 6.92 Å². The van der Waals surface area contributed by atoms with Gasteiger partial charge in [-0.25, -0.2) is 4.79 Å². The second kappa shape index (κ2) is 6.89. The van der Waals surface area contributed by atoms with Crippen molar-refractivity contribution >= 4 is 29.1 Å². The summed E-state index contributed by atoms with van der Waals surface area (Å²) in [5, 5.41) is 13.6. The maximum atomic E-state index is 11.7. The molecule has 2 amide bonds. The lowest BCUT2D eigenvalue weighted by Crippen LogP contribution is -2.45. The maximum absolute atomic E-state index is 11.7. The van der Waals surface area contributed by atoms with Crippen LogP contribution in [-0.2, 0) is 9.59 Å². The smallest absolute Gasteiger partial charge is 0.326 e. The molecule has 0 fully saturated rings. The summed E-state index contributed by atoms with van der Waals surface area (Å²) in [6.45, 7) is 3.30. The molecule has 6 nitrogen and oxygen atoms in total. The van der Waals surface area contributed by atoms with Crippen LogP contribution in [0, 0.1) is 6.92 Å². The number of aliphatic carboxylic acids is 1. The lowest BCUT2D eigenvalue weighted by Gasteiger charge is -2.12. The molecule has 0 saturated heterocycles. The van der Waals surface area contributed by atoms with Crippen molar-refractivity contribution in [2.45, 2.75) is 26.3 Å². The van der Waals surface area contributed by atoms with Crippen LogP contribution in [0.5, 0.6) is 0 Å². The molecule has 3 N–H and O–H groups in total. The number of amides is 2. The fourth-order valence-electron chi connectivity index (χ4n) is 1.39. The van der Waals surface area contributed by atoms with Gasteiger partial charge in [0.2, 0.25) is 5.91 Å². The van der Waals surface area contributed by atoms with E-state index in [1.54, 1.807) is 13.0 Å². The van der Waals surface area contributed by atoms with Crippen LogP contribution < -0.4 is 10.6 Å². The zero-order valence-electron chi connectivity index (χ0n) is 10.7. The number of aryl methyl sites for hydroxylation is 1. The van der Waals surface area contributed by atoms with E-state index in [0.717, 1.165) is 4.88 Å². The first-order valence-corrected chi connectivity index (χ1v) is 6.62. The summed E-state index contributed by atoms with van der Waals surface area (Å²) in [4.78, 5) is 35.4. The van der Waals surface area contributed by atoms with Gasteiger partial charge >= 0.3 is 5.97 Å². The van der Waals surface area contributed by atoms with E-state index in [4.69, 9.17) is 5.11 Å². The Balaban J connectivity index is 2.42. The van der Waals surface area contributed by atoms with E-state index in [-0.39, 0.29) is 12.5 Å². The van der Waals surface area contributed by atoms with E-state index in [2.05, 4.69) is 10.6 Å². The number of carbonyl (C=O) groups excluding carboxylic acids is 2. The minimum Gasteiger partial charge on any atom is -0.480 e. The number of hydrogen-bond acceptors (Lipinski definition) is 4. The number of carboxylic acids is 1. The Kier molecular flexibility index (Phi) is 5.50. The molecule has 1 atom stereocenters. The van der Waals surface area contributed by atoms with E-state index in [9.17, 15) is 14.4 Å². The monoisotopic (exact) mass is 284 g/mol. The Labute approximate surface area is 114 Å². The standard InChI is InChI=1S/C12H16N2O4S/c1-3-8(12(17)18)14-10(15)6-13-11(16)9-5-4-7(2)19-9/h4-5,8H,3,6H2,1-2H3,(H,13,16)(H,14,15)(H,17,18). The molecule has 1 heterocycles. The van der Waals surface area contributed by atoms with E-state index >= 15 is 0 Å². The molecule has 0 aliphatic carbocycles. The van der Waals surface area contributed by atoms with Crippen LogP contribution in [0.1, 0.15) is 27.9 Å². The van der Waals surface area contributed by atoms with Gasteiger partial charge in [-0.2, -0.15) is 0 Å². The van der Waals surface area contributed by atoms with Crippen molar-refractivity contribution in [1.29, 1.82) is 0 Å². The van der Waals surface area contributed by atoms with Crippen LogP contribution in [0.4, 0.5) is 0 Å². The van der Waals surface area contributed by atoms with Crippen LogP contribution >= 0.6 is 11.3 Å². The fraction of sp³-hybridized carbons (Fsp3) is 0.417. The van der Waals surface area contributed by atoms with Crippen molar-refractivity contribution < 1.29 is 19.5 Å². The van der Waals surface area contributed by atoms with E-state index in [1.807, 2.05) is 13.0 Å². The van der Waals surface area contributed by atoms with Crippen LogP contribution in [0.2, 0.25) is 0 Å². The van der Waals surface area contributed by atoms with Gasteiger partial charge in [0.15, 0.2) is 0 Å². The molecular formula is C12H16N2O4S. The van der Waals surface area contributed by atoms with Gasteiger partial charge in [0.05, 0.1) is 11.4 Å². The first-order valence-electron chi connectivity index (χ1n) is 5.80. The van der Waals surface area contributed by atoms with Crippen molar-refractivity contribution in [3.63, 3.8) is 0 Å². The zero-order valence-corrected chi connectivity index (χ0v) is 11.5. The Morgan fingerprint density at radius 1 is 1.37 bits per heavy atom. The highest BCUT2D eigenvalue weighted by Crippen LogP contribution is 2.14. The summed E-state index contributed by atoms with van der Waals surface area (Å²) < 4.78 is 0. The SMILES string of the molecule is CCC(NC(=O)CNC(=O)c1ccc(C)s1)C(=O)O. The van der Waals surface area contributed by atoms with Gasteiger partial charge < -0.3 is 15.7 Å². The minimum absolute atomic E-state index is 0.237. The lowest BCUT2D eigenvalue weighted by molar-refractivity contribution is -0.141. The van der Waals surface area contributed by atoms with Gasteiger partial charge in [0.25, 0.3) is 5.91 Å². The predicted octanol–water partition coefficient (Wildman–Crippen LogP) is 0.766. The molecule has 0 aliphatic heterocycles. The molecule has 19 heavy (non-hydrogen) atoms. The van der Waals surface area contributed by atoms with Crippen LogP contribution in [0.25, 0.3) is 0 Å². The van der Waals surface area contributed by atoms with Gasteiger partial charge in [0, 0.05) is 4.88 Å². The lowest BCUT2D eigenvalue weighted by atomic mass is 10.2. The van der Waals surface area contributed by atoms with Gasteiger partial charge in [-0.05, 0) is 25.5 Å². The summed E-state index contributed by atoms with van der Waals surface area (Å²) >= 11 is 1.33. The van der Waals surface area contributed by atoms with Crippen molar-refractivity contribution in [2.24, 2.45) is 0 Å². The molecule has 1 aromatic rings. The number of hydrogen-bond donors (Lipinski definition) is 3. The molecule has 7 heteroatoms. The van der Waals surface area contributed by atoms with E-state index in [0.29, 0.717) is 11.3 Å². The first-order chi connectivity index (χ1) is 8.93. The third-order valence-corrected chi connectivity index (χ3v) is 3.41. The van der Waals surface area contributed by atoms with Gasteiger partial charge in [-0.3, -0.25) is 9.59 Å². The van der Waals surface area contributed by atoms with E-state index in [1.165, 1.54) is 11.3 Å². The fourth-order valence-corrected chi connectivity index (χ4v) is 2.17. The number of thiophene rings is 1. The first kappa shape index (κ1) is 15.2. The van der Waals surface area contributed by atoms with Crippen LogP contribution in [0.15, 0.2) is 12.1 Å². The highest BCUT2D eigenvalue weighted by Gasteiger charge is 2.18. The highest BCUT2D eigenvalue weighted by molar-refractivity contribution is 7.13. The quantitative estimate of drug-likeness (QED) is 0.719. The second-order valence-corrected chi connectivity index (χ2v) is 5.25. The van der Waals surface area contributed by atoms with Gasteiger partial charge in [-0.15, -0.1) is 11.3 Å². The second-order valence-electron chi connectivity index (χ2n) is 3.96. The summed E-state index contributed by atoms with van der Waals surface area (Å²) in [7, 11) is 0. The van der Waals surface area contributed by atoms with Crippen molar-refractivity contribution in [3.8, 4) is 0 Å². The molecule has 1 unspecified atom stereocenters. The third-order valence-electron chi connectivity index (χ3n) is 2.42. The molecule has 1 rings (SSSR count). The number of nitrogens with one attached hydrogen (secondary N) is 2. The normalized spacial score (nSPS) is 11.7. The molecule has 104 valence electrons. The predicted molar refractivity (Wildman–Crippen MR) is 71.2 cm³/mol. The molecular weight excluding hydrogens is 268 g/mol. The molecule has 0 spiro atoms. The van der Waals surface area contributed by atoms with Crippen molar-refractivity contribution in [2.75, 3.05) is 6.54 Å². The Morgan fingerprint density at radius 3 is 2.53 bits per heavy atom. The molecule has 0 saturated carbocycles. The van der Waals surface area contributed by atoms with Crippen LogP contribution in [-0.4, -0.2) is 35.5 Å². The molecule has 1 aromatic heterocycles. The molecule has 0 radical (unpaired) electrons. The zero-order chi connectivity index (χ0) is 14.4. The largest absolute Gasteiger partial charge is 0.480 e. The topological polar surface area (TPSA) is 95.5 Å². The number of rotatable bonds is 6. The van der Waals surface area contributed by atoms with E-state index < -0.39 is 17.9 Å². The van der Waals surface area contributed by atoms with Crippen molar-refractivity contribution in [1.82, 2.24) is 10.6 Å².